The Balaban J connectivity index is 1.43. The summed E-state index contributed by atoms with van der Waals surface area (Å²) in [7, 11) is 0. The second-order valence-electron chi connectivity index (χ2n) is 7.89. The summed E-state index contributed by atoms with van der Waals surface area (Å²) in [5, 5.41) is 12.8. The first-order valence-corrected chi connectivity index (χ1v) is 9.78. The van der Waals surface area contributed by atoms with Gasteiger partial charge in [0.2, 0.25) is 0 Å². The van der Waals surface area contributed by atoms with Gasteiger partial charge in [-0.05, 0) is 35.4 Å². The van der Waals surface area contributed by atoms with E-state index in [4.69, 9.17) is 5.73 Å². The molecule has 0 radical (unpaired) electrons. The van der Waals surface area contributed by atoms with Crippen molar-refractivity contribution in [2.24, 2.45) is 5.73 Å². The molecule has 0 saturated carbocycles. The molecule has 0 bridgehead atoms. The predicted octanol–water partition coefficient (Wildman–Crippen LogP) is 2.78. The van der Waals surface area contributed by atoms with Gasteiger partial charge in [-0.15, -0.1) is 0 Å². The Hall–Kier alpha value is -2.76. The third-order valence-electron chi connectivity index (χ3n) is 6.58. The van der Waals surface area contributed by atoms with Crippen LogP contribution in [0.15, 0.2) is 60.8 Å². The summed E-state index contributed by atoms with van der Waals surface area (Å²) in [5.41, 5.74) is 8.62. The number of nitrogens with two attached hydrogens (primary N) is 1. The van der Waals surface area contributed by atoms with Crippen LogP contribution in [-0.4, -0.2) is 40.1 Å². The maximum Gasteiger partial charge on any atom is 0.273 e. The molecule has 2 aromatic carbocycles. The molecule has 3 N–H and O–H groups in total. The van der Waals surface area contributed by atoms with Crippen molar-refractivity contribution in [2.75, 3.05) is 13.1 Å². The fourth-order valence-electron chi connectivity index (χ4n) is 5.03. The lowest BCUT2D eigenvalue weighted by Crippen LogP contribution is -2.50. The molecule has 1 aliphatic carbocycles. The van der Waals surface area contributed by atoms with Gasteiger partial charge in [-0.2, -0.15) is 0 Å². The standard InChI is InChI=1S/C23H23N3O2/c24-19-17-7-3-4-8-18(17)23(21(19)27)10-13-26(14-11-23)22(28)20-16-6-2-1-5-15(16)9-12-25-20/h1-9,12,19,21,27H,10-11,13-14,24H2/t19-,21+/m0/s1. The molecule has 5 rings (SSSR count). The highest BCUT2D eigenvalue weighted by molar-refractivity contribution is 6.05. The predicted molar refractivity (Wildman–Crippen MR) is 108 cm³/mol. The number of piperidine rings is 1. The maximum atomic E-state index is 13.2. The van der Waals surface area contributed by atoms with E-state index in [-0.39, 0.29) is 17.4 Å². The Morgan fingerprint density at radius 3 is 2.61 bits per heavy atom. The van der Waals surface area contributed by atoms with Crippen LogP contribution in [0.5, 0.6) is 0 Å². The lowest BCUT2D eigenvalue weighted by molar-refractivity contribution is 0.0261. The number of carbonyl (C=O) groups excluding carboxylic acids is 1. The molecule has 28 heavy (non-hydrogen) atoms. The molecular formula is C23H23N3O2. The number of nitrogens with zero attached hydrogens (tertiary/aromatic N) is 2. The second-order valence-corrected chi connectivity index (χ2v) is 7.89. The van der Waals surface area contributed by atoms with E-state index in [0.717, 1.165) is 21.9 Å². The monoisotopic (exact) mass is 373 g/mol. The van der Waals surface area contributed by atoms with Gasteiger partial charge in [0.15, 0.2) is 0 Å². The van der Waals surface area contributed by atoms with E-state index < -0.39 is 6.10 Å². The third-order valence-corrected chi connectivity index (χ3v) is 6.58. The number of amides is 1. The molecule has 5 nitrogen and oxygen atoms in total. The van der Waals surface area contributed by atoms with Crippen molar-refractivity contribution in [1.82, 2.24) is 9.88 Å². The Morgan fingerprint density at radius 2 is 1.79 bits per heavy atom. The van der Waals surface area contributed by atoms with Crippen molar-refractivity contribution in [1.29, 1.82) is 0 Å². The number of likely N-dealkylation sites (tertiary alicyclic amines) is 1. The molecule has 3 aromatic rings. The number of hydrogen-bond donors (Lipinski definition) is 2. The topological polar surface area (TPSA) is 79.5 Å². The zero-order chi connectivity index (χ0) is 19.3. The lowest BCUT2D eigenvalue weighted by Gasteiger charge is -2.42. The van der Waals surface area contributed by atoms with Crippen LogP contribution < -0.4 is 5.73 Å². The summed E-state index contributed by atoms with van der Waals surface area (Å²) >= 11 is 0. The number of pyridine rings is 1. The molecule has 2 aliphatic rings. The SMILES string of the molecule is N[C@H]1c2ccccc2C2(CCN(C(=O)c3nccc4ccccc34)CC2)[C@@H]1O. The first kappa shape index (κ1) is 17.3. The van der Waals surface area contributed by atoms with Gasteiger partial charge in [-0.1, -0.05) is 48.5 Å². The highest BCUT2D eigenvalue weighted by Gasteiger charge is 2.51. The van der Waals surface area contributed by atoms with Crippen molar-refractivity contribution in [3.63, 3.8) is 0 Å². The van der Waals surface area contributed by atoms with E-state index >= 15 is 0 Å². The fraction of sp³-hybridized carbons (Fsp3) is 0.304. The molecule has 0 unspecified atom stereocenters. The molecule has 142 valence electrons. The Bertz CT molecular complexity index is 1050. The van der Waals surface area contributed by atoms with Gasteiger partial charge in [0.25, 0.3) is 5.91 Å². The first-order chi connectivity index (χ1) is 13.6. The van der Waals surface area contributed by atoms with E-state index in [1.54, 1.807) is 6.20 Å². The highest BCUT2D eigenvalue weighted by atomic mass is 16.3. The summed E-state index contributed by atoms with van der Waals surface area (Å²) < 4.78 is 0. The van der Waals surface area contributed by atoms with Crippen LogP contribution in [0.25, 0.3) is 10.8 Å². The van der Waals surface area contributed by atoms with Gasteiger partial charge in [0, 0.05) is 30.1 Å². The van der Waals surface area contributed by atoms with Gasteiger partial charge >= 0.3 is 0 Å². The van der Waals surface area contributed by atoms with Gasteiger partial charge in [0.1, 0.15) is 5.69 Å². The maximum absolute atomic E-state index is 13.2. The number of benzene rings is 2. The molecule has 1 fully saturated rings. The molecule has 2 heterocycles. The summed E-state index contributed by atoms with van der Waals surface area (Å²) in [6.07, 6.45) is 2.49. The van der Waals surface area contributed by atoms with Crippen molar-refractivity contribution in [3.05, 3.63) is 77.6 Å². The molecular weight excluding hydrogens is 350 g/mol. The number of carbonyl (C=O) groups is 1. The average molecular weight is 373 g/mol. The Morgan fingerprint density at radius 1 is 1.07 bits per heavy atom. The van der Waals surface area contributed by atoms with Crippen LogP contribution in [0, 0.1) is 0 Å². The molecule has 1 spiro atoms. The van der Waals surface area contributed by atoms with E-state index in [1.165, 1.54) is 0 Å². The zero-order valence-corrected chi connectivity index (χ0v) is 15.6. The van der Waals surface area contributed by atoms with Crippen molar-refractivity contribution < 1.29 is 9.90 Å². The fourth-order valence-corrected chi connectivity index (χ4v) is 5.03. The summed E-state index contributed by atoms with van der Waals surface area (Å²) in [6, 6.07) is 17.4. The summed E-state index contributed by atoms with van der Waals surface area (Å²) in [6.45, 7) is 1.17. The molecule has 1 amide bonds. The molecule has 1 aromatic heterocycles. The third kappa shape index (κ3) is 2.40. The Kier molecular flexibility index (Phi) is 3.96. The van der Waals surface area contributed by atoms with E-state index in [9.17, 15) is 9.90 Å². The second kappa shape index (κ2) is 6.40. The van der Waals surface area contributed by atoms with E-state index in [0.29, 0.717) is 31.6 Å². The van der Waals surface area contributed by atoms with Crippen molar-refractivity contribution in [3.8, 4) is 0 Å². The number of aliphatic hydroxyl groups excluding tert-OH is 1. The molecule has 1 saturated heterocycles. The Labute approximate surface area is 163 Å². The van der Waals surface area contributed by atoms with Crippen LogP contribution in [0.4, 0.5) is 0 Å². The van der Waals surface area contributed by atoms with Crippen LogP contribution >= 0.6 is 0 Å². The molecule has 1 aliphatic heterocycles. The summed E-state index contributed by atoms with van der Waals surface area (Å²) in [4.78, 5) is 19.4. The first-order valence-electron chi connectivity index (χ1n) is 9.78. The van der Waals surface area contributed by atoms with Gasteiger partial charge in [-0.3, -0.25) is 9.78 Å². The number of hydrogen-bond acceptors (Lipinski definition) is 4. The van der Waals surface area contributed by atoms with Gasteiger partial charge < -0.3 is 15.7 Å². The minimum absolute atomic E-state index is 0.0447. The van der Waals surface area contributed by atoms with Crippen molar-refractivity contribution in [2.45, 2.75) is 30.4 Å². The van der Waals surface area contributed by atoms with Crippen LogP contribution in [-0.2, 0) is 5.41 Å². The number of rotatable bonds is 1. The normalized spacial score (nSPS) is 23.1. The quantitative estimate of drug-likeness (QED) is 0.687. The van der Waals surface area contributed by atoms with Crippen LogP contribution in [0.3, 0.4) is 0 Å². The van der Waals surface area contributed by atoms with Crippen LogP contribution in [0.2, 0.25) is 0 Å². The largest absolute Gasteiger partial charge is 0.390 e. The number of aromatic nitrogens is 1. The average Bonchev–Trinajstić information content (AvgIpc) is 2.96. The smallest absolute Gasteiger partial charge is 0.273 e. The van der Waals surface area contributed by atoms with Crippen LogP contribution in [0.1, 0.15) is 40.5 Å². The minimum atomic E-state index is -0.613. The lowest BCUT2D eigenvalue weighted by atomic mass is 9.72. The minimum Gasteiger partial charge on any atom is -0.390 e. The highest BCUT2D eigenvalue weighted by Crippen LogP contribution is 2.50. The van der Waals surface area contributed by atoms with Gasteiger partial charge in [-0.25, -0.2) is 0 Å². The number of fused-ring (bicyclic) bond motifs is 3. The van der Waals surface area contributed by atoms with E-state index in [1.807, 2.05) is 53.4 Å². The zero-order valence-electron chi connectivity index (χ0n) is 15.6. The molecule has 5 heteroatoms. The number of aliphatic hydroxyl groups is 1. The summed E-state index contributed by atoms with van der Waals surface area (Å²) in [5.74, 6) is -0.0447. The molecule has 2 atom stereocenters. The van der Waals surface area contributed by atoms with Crippen molar-refractivity contribution >= 4 is 16.7 Å². The van der Waals surface area contributed by atoms with Gasteiger partial charge in [0.05, 0.1) is 12.1 Å². The van der Waals surface area contributed by atoms with E-state index in [2.05, 4.69) is 11.1 Å².